The Bertz CT molecular complexity index is 2140. The van der Waals surface area contributed by atoms with Crippen molar-refractivity contribution >= 4 is 29.3 Å². The number of benzene rings is 4. The normalized spacial score (nSPS) is 23.1. The van der Waals surface area contributed by atoms with E-state index < -0.39 is 23.8 Å². The molecule has 0 bridgehead atoms. The third-order valence-corrected chi connectivity index (χ3v) is 12.4. The summed E-state index contributed by atoms with van der Waals surface area (Å²) in [7, 11) is 0. The molecule has 3 fully saturated rings. The Hall–Kier alpha value is -5.52. The van der Waals surface area contributed by atoms with Crippen LogP contribution < -0.4 is 15.0 Å². The van der Waals surface area contributed by atoms with Gasteiger partial charge in [-0.05, 0) is 95.8 Å². The van der Waals surface area contributed by atoms with Crippen molar-refractivity contribution in [3.05, 3.63) is 124 Å². The fraction of sp³-hybridized carbons (Fsp3) is 0.378. The Labute approximate surface area is 326 Å². The number of nitrogens with zero attached hydrogens (tertiary/aromatic N) is 4. The smallest absolute Gasteiger partial charge is 0.262 e. The summed E-state index contributed by atoms with van der Waals surface area (Å²) in [5.41, 5.74) is 6.67. The number of fused-ring (bicyclic) bond motifs is 2. The zero-order valence-electron chi connectivity index (χ0n) is 31.4. The summed E-state index contributed by atoms with van der Waals surface area (Å²) in [4.78, 5) is 58.7. The van der Waals surface area contributed by atoms with Crippen molar-refractivity contribution < 1.29 is 29.0 Å². The number of anilines is 1. The second-order valence-corrected chi connectivity index (χ2v) is 15.9. The monoisotopic (exact) mass is 753 g/mol. The van der Waals surface area contributed by atoms with Crippen LogP contribution >= 0.6 is 0 Å². The second-order valence-electron chi connectivity index (χ2n) is 15.9. The number of hydrogen-bond donors (Lipinski definition) is 2. The van der Waals surface area contributed by atoms with Gasteiger partial charge < -0.3 is 14.7 Å². The first kappa shape index (κ1) is 36.1. The van der Waals surface area contributed by atoms with Crippen molar-refractivity contribution in [2.24, 2.45) is 5.92 Å². The number of rotatable bonds is 10. The van der Waals surface area contributed by atoms with Crippen LogP contribution in [0.25, 0.3) is 0 Å². The highest BCUT2D eigenvalue weighted by Gasteiger charge is 2.45. The van der Waals surface area contributed by atoms with Gasteiger partial charge in [-0.15, -0.1) is 0 Å². The number of nitrogens with one attached hydrogen (secondary N) is 1. The molecule has 0 spiro atoms. The lowest BCUT2D eigenvalue weighted by Gasteiger charge is -2.44. The number of hydrogen-bond acceptors (Lipinski definition) is 9. The molecule has 288 valence electrons. The molecule has 4 aromatic rings. The van der Waals surface area contributed by atoms with E-state index in [9.17, 15) is 24.3 Å². The van der Waals surface area contributed by atoms with E-state index in [0.717, 1.165) is 81.5 Å². The van der Waals surface area contributed by atoms with Crippen LogP contribution in [0.5, 0.6) is 11.5 Å². The maximum atomic E-state index is 13.3. The first-order valence-corrected chi connectivity index (χ1v) is 19.9. The molecule has 4 aromatic carbocycles. The Balaban J connectivity index is 0.726. The van der Waals surface area contributed by atoms with Gasteiger partial charge in [0.2, 0.25) is 11.8 Å². The molecule has 4 aliphatic heterocycles. The number of imide groups is 2. The second kappa shape index (κ2) is 15.2. The first-order valence-electron chi connectivity index (χ1n) is 19.9. The average Bonchev–Trinajstić information content (AvgIpc) is 3.45. The summed E-state index contributed by atoms with van der Waals surface area (Å²) in [5.74, 6) is 0.489. The molecule has 4 amide bonds. The summed E-state index contributed by atoms with van der Waals surface area (Å²) in [6.45, 7) is 8.19. The number of phenols is 1. The van der Waals surface area contributed by atoms with E-state index in [1.807, 2.05) is 18.2 Å². The molecule has 11 nitrogen and oxygen atoms in total. The maximum Gasteiger partial charge on any atom is 0.262 e. The van der Waals surface area contributed by atoms with E-state index >= 15 is 0 Å². The van der Waals surface area contributed by atoms with Crippen LogP contribution in [0.4, 0.5) is 5.69 Å². The van der Waals surface area contributed by atoms with Gasteiger partial charge in [-0.2, -0.15) is 0 Å². The number of carbonyl (C=O) groups excluding carboxylic acids is 4. The lowest BCUT2D eigenvalue weighted by atomic mass is 9.69. The van der Waals surface area contributed by atoms with Crippen molar-refractivity contribution in [3.63, 3.8) is 0 Å². The molecule has 3 atom stereocenters. The quantitative estimate of drug-likeness (QED) is 0.220. The van der Waals surface area contributed by atoms with Gasteiger partial charge in [-0.3, -0.25) is 39.2 Å². The molecule has 0 radical (unpaired) electrons. The molecule has 5 aliphatic rings. The molecule has 9 rings (SSSR count). The highest BCUT2D eigenvalue weighted by Crippen LogP contribution is 2.47. The Morgan fingerprint density at radius 1 is 0.732 bits per heavy atom. The van der Waals surface area contributed by atoms with Gasteiger partial charge in [0.15, 0.2) is 0 Å². The van der Waals surface area contributed by atoms with E-state index in [1.165, 1.54) is 22.3 Å². The van der Waals surface area contributed by atoms with Crippen molar-refractivity contribution in [2.45, 2.75) is 43.6 Å². The minimum Gasteiger partial charge on any atom is -0.508 e. The lowest BCUT2D eigenvalue weighted by molar-refractivity contribution is -0.136. The molecule has 3 saturated heterocycles. The van der Waals surface area contributed by atoms with Crippen LogP contribution in [0.2, 0.25) is 0 Å². The van der Waals surface area contributed by atoms with Gasteiger partial charge in [0.1, 0.15) is 24.1 Å². The van der Waals surface area contributed by atoms with Crippen LogP contribution in [0.3, 0.4) is 0 Å². The van der Waals surface area contributed by atoms with Gasteiger partial charge in [-0.1, -0.05) is 48.5 Å². The molecule has 4 heterocycles. The van der Waals surface area contributed by atoms with E-state index in [1.54, 1.807) is 12.1 Å². The fourth-order valence-electron chi connectivity index (χ4n) is 9.53. The predicted molar refractivity (Wildman–Crippen MR) is 211 cm³/mol. The van der Waals surface area contributed by atoms with Gasteiger partial charge >= 0.3 is 0 Å². The number of ether oxygens (including phenoxy) is 1. The molecular weight excluding hydrogens is 707 g/mol. The Kier molecular flexibility index (Phi) is 9.81. The van der Waals surface area contributed by atoms with E-state index in [4.69, 9.17) is 4.74 Å². The van der Waals surface area contributed by atoms with E-state index in [-0.39, 0.29) is 24.7 Å². The summed E-state index contributed by atoms with van der Waals surface area (Å²) >= 11 is 0. The number of phenolic OH excluding ortho intramolecular Hbond substituents is 1. The SMILES string of the molecule is O=C1CCC(N2C(=O)c3ccc(N4CCN(CC5CN(CCOc6ccc([C@@H]7c8ccc(O)cc8CC[C@@H]7c7ccccc7)cc6)C5)CC4)cc3C2=O)C(=O)N1. The number of amides is 4. The zero-order valence-corrected chi connectivity index (χ0v) is 31.4. The summed E-state index contributed by atoms with van der Waals surface area (Å²) in [6, 6.07) is 29.6. The minimum atomic E-state index is -0.960. The highest BCUT2D eigenvalue weighted by atomic mass is 16.5. The fourth-order valence-corrected chi connectivity index (χ4v) is 9.53. The van der Waals surface area contributed by atoms with Gasteiger partial charge in [0.05, 0.1) is 11.1 Å². The van der Waals surface area contributed by atoms with Crippen LogP contribution in [0, 0.1) is 5.92 Å². The Morgan fingerprint density at radius 3 is 2.27 bits per heavy atom. The van der Waals surface area contributed by atoms with E-state index in [2.05, 4.69) is 80.7 Å². The van der Waals surface area contributed by atoms with Gasteiger partial charge in [0, 0.05) is 70.4 Å². The molecule has 0 aromatic heterocycles. The van der Waals surface area contributed by atoms with Gasteiger partial charge in [0.25, 0.3) is 11.8 Å². The third-order valence-electron chi connectivity index (χ3n) is 12.4. The van der Waals surface area contributed by atoms with E-state index in [0.29, 0.717) is 35.3 Å². The summed E-state index contributed by atoms with van der Waals surface area (Å²) in [5, 5.41) is 12.4. The number of piperazine rings is 1. The number of carbonyl (C=O) groups is 4. The van der Waals surface area contributed by atoms with Crippen LogP contribution in [0.1, 0.15) is 74.1 Å². The molecule has 1 unspecified atom stereocenters. The Morgan fingerprint density at radius 2 is 1.50 bits per heavy atom. The summed E-state index contributed by atoms with van der Waals surface area (Å²) in [6.07, 6.45) is 2.24. The van der Waals surface area contributed by atoms with Crippen LogP contribution in [-0.4, -0.2) is 108 Å². The van der Waals surface area contributed by atoms with Crippen molar-refractivity contribution in [3.8, 4) is 11.5 Å². The maximum absolute atomic E-state index is 13.3. The van der Waals surface area contributed by atoms with Crippen molar-refractivity contribution in [1.82, 2.24) is 20.0 Å². The van der Waals surface area contributed by atoms with Crippen LogP contribution in [0.15, 0.2) is 91.0 Å². The third kappa shape index (κ3) is 7.05. The number of likely N-dealkylation sites (tertiary alicyclic amines) is 1. The highest BCUT2D eigenvalue weighted by molar-refractivity contribution is 6.23. The number of aryl methyl sites for hydroxylation is 1. The minimum absolute atomic E-state index is 0.102. The predicted octanol–water partition coefficient (Wildman–Crippen LogP) is 4.79. The zero-order chi connectivity index (χ0) is 38.3. The van der Waals surface area contributed by atoms with Crippen LogP contribution in [-0.2, 0) is 16.0 Å². The standard InChI is InChI=1S/C45H47N5O6/c51-34-10-15-37-32(24-34)8-13-36(30-4-2-1-3-5-30)42(37)31-6-11-35(12-7-31)56-23-22-48-27-29(28-48)26-47-18-20-49(21-19-47)33-9-14-38-39(25-33)45(55)50(44(38)54)40-16-17-41(52)46-43(40)53/h1-7,9-12,14-15,24-25,29,36,40,42,51H,8,13,16-23,26-28H2,(H,46,52,53)/t36-,40?,42+/m1/s1. The largest absolute Gasteiger partial charge is 0.508 e. The molecular formula is C45H47N5O6. The molecule has 2 N–H and O–H groups in total. The average molecular weight is 754 g/mol. The van der Waals surface area contributed by atoms with Gasteiger partial charge in [-0.25, -0.2) is 0 Å². The van der Waals surface area contributed by atoms with Crippen molar-refractivity contribution in [2.75, 3.05) is 63.9 Å². The molecule has 0 saturated carbocycles. The molecule has 56 heavy (non-hydrogen) atoms. The summed E-state index contributed by atoms with van der Waals surface area (Å²) < 4.78 is 6.21. The first-order chi connectivity index (χ1) is 27.3. The molecule has 1 aliphatic carbocycles. The number of aromatic hydroxyl groups is 1. The molecule has 11 heteroatoms. The number of piperidine rings is 1. The topological polar surface area (TPSA) is 123 Å². The lowest BCUT2D eigenvalue weighted by Crippen LogP contribution is -2.55. The van der Waals surface area contributed by atoms with Crippen molar-refractivity contribution in [1.29, 1.82) is 0 Å².